The number of halogens is 1. The smallest absolute Gasteiger partial charge is 0.227 e. The van der Waals surface area contributed by atoms with E-state index in [0.29, 0.717) is 23.0 Å². The second-order valence-electron chi connectivity index (χ2n) is 7.35. The molecule has 1 aromatic rings. The number of piperidine rings is 1. The number of likely N-dealkylation sites (tertiary alicyclic amines) is 1. The first-order valence-electron chi connectivity index (χ1n) is 9.68. The molecule has 1 N–H and O–H groups in total. The Labute approximate surface area is 165 Å². The molecule has 2 fully saturated rings. The van der Waals surface area contributed by atoms with Gasteiger partial charge in [-0.15, -0.1) is 0 Å². The first-order chi connectivity index (χ1) is 13.0. The van der Waals surface area contributed by atoms with Crippen LogP contribution in [0.3, 0.4) is 0 Å². The van der Waals surface area contributed by atoms with Gasteiger partial charge in [-0.2, -0.15) is 0 Å². The van der Waals surface area contributed by atoms with Gasteiger partial charge in [0.2, 0.25) is 11.8 Å². The van der Waals surface area contributed by atoms with Crippen LogP contribution >= 0.6 is 11.6 Å². The molecule has 1 atom stereocenters. The zero-order valence-electron chi connectivity index (χ0n) is 16.0. The molecule has 1 aromatic carbocycles. The van der Waals surface area contributed by atoms with Crippen molar-refractivity contribution in [3.63, 3.8) is 0 Å². The van der Waals surface area contributed by atoms with Crippen molar-refractivity contribution in [1.82, 2.24) is 10.2 Å². The number of benzene rings is 1. The van der Waals surface area contributed by atoms with Crippen molar-refractivity contribution in [2.75, 3.05) is 38.2 Å². The van der Waals surface area contributed by atoms with Crippen molar-refractivity contribution in [2.45, 2.75) is 38.6 Å². The lowest BCUT2D eigenvalue weighted by molar-refractivity contribution is -0.127. The maximum absolute atomic E-state index is 12.7. The molecule has 0 radical (unpaired) electrons. The predicted molar refractivity (Wildman–Crippen MR) is 106 cm³/mol. The van der Waals surface area contributed by atoms with Crippen molar-refractivity contribution >= 4 is 29.1 Å². The molecular formula is C20H28ClN3O3. The van der Waals surface area contributed by atoms with Crippen LogP contribution in [0.2, 0.25) is 5.02 Å². The van der Waals surface area contributed by atoms with Gasteiger partial charge >= 0.3 is 0 Å². The van der Waals surface area contributed by atoms with Crippen LogP contribution in [-0.2, 0) is 9.59 Å². The summed E-state index contributed by atoms with van der Waals surface area (Å²) in [6.07, 6.45) is 3.32. The number of nitrogens with one attached hydrogen (secondary N) is 1. The van der Waals surface area contributed by atoms with Gasteiger partial charge in [0, 0.05) is 37.1 Å². The minimum Gasteiger partial charge on any atom is -0.495 e. The molecule has 0 saturated carbocycles. The summed E-state index contributed by atoms with van der Waals surface area (Å²) in [7, 11) is 1.56. The van der Waals surface area contributed by atoms with Gasteiger partial charge in [-0.3, -0.25) is 9.59 Å². The average Bonchev–Trinajstić information content (AvgIpc) is 3.05. The fourth-order valence-electron chi connectivity index (χ4n) is 3.93. The fourth-order valence-corrected chi connectivity index (χ4v) is 4.09. The van der Waals surface area contributed by atoms with Crippen LogP contribution in [0, 0.1) is 5.92 Å². The normalized spacial score (nSPS) is 21.5. The van der Waals surface area contributed by atoms with E-state index in [-0.39, 0.29) is 30.2 Å². The Hall–Kier alpha value is -1.79. The monoisotopic (exact) mass is 393 g/mol. The van der Waals surface area contributed by atoms with Crippen molar-refractivity contribution in [1.29, 1.82) is 0 Å². The number of amides is 2. The molecule has 0 bridgehead atoms. The Balaban J connectivity index is 1.59. The Morgan fingerprint density at radius 1 is 1.33 bits per heavy atom. The Bertz CT molecular complexity index is 689. The average molecular weight is 394 g/mol. The lowest BCUT2D eigenvalue weighted by atomic mass is 10.0. The second kappa shape index (κ2) is 8.93. The summed E-state index contributed by atoms with van der Waals surface area (Å²) >= 11 is 6.09. The van der Waals surface area contributed by atoms with Crippen molar-refractivity contribution in [3.8, 4) is 5.75 Å². The highest BCUT2D eigenvalue weighted by Crippen LogP contribution is 2.35. The van der Waals surface area contributed by atoms with E-state index < -0.39 is 0 Å². The number of anilines is 1. The third-order valence-corrected chi connectivity index (χ3v) is 5.64. The highest BCUT2D eigenvalue weighted by atomic mass is 35.5. The van der Waals surface area contributed by atoms with Crippen molar-refractivity contribution in [2.24, 2.45) is 5.92 Å². The number of ether oxygens (including phenoxy) is 1. The summed E-state index contributed by atoms with van der Waals surface area (Å²) < 4.78 is 5.35. The molecule has 0 aliphatic carbocycles. The summed E-state index contributed by atoms with van der Waals surface area (Å²) in [5.41, 5.74) is 0.623. The van der Waals surface area contributed by atoms with Gasteiger partial charge in [0.05, 0.1) is 18.7 Å². The SMILES string of the molecule is CCCN1CCC(NC(=O)C2CC(=O)N(c3cc(Cl)ccc3OC)C2)CC1. The minimum absolute atomic E-state index is 0.0270. The van der Waals surface area contributed by atoms with Gasteiger partial charge in [0.1, 0.15) is 5.75 Å². The molecule has 0 aromatic heterocycles. The third-order valence-electron chi connectivity index (χ3n) is 5.40. The number of hydrogen-bond donors (Lipinski definition) is 1. The minimum atomic E-state index is -0.338. The Morgan fingerprint density at radius 3 is 2.74 bits per heavy atom. The quantitative estimate of drug-likeness (QED) is 0.807. The van der Waals surface area contributed by atoms with E-state index in [2.05, 4.69) is 17.1 Å². The van der Waals surface area contributed by atoms with E-state index in [1.54, 1.807) is 30.2 Å². The molecule has 2 aliphatic heterocycles. The molecule has 148 valence electrons. The molecule has 1 unspecified atom stereocenters. The number of carbonyl (C=O) groups is 2. The lowest BCUT2D eigenvalue weighted by Crippen LogP contribution is -2.46. The highest BCUT2D eigenvalue weighted by molar-refractivity contribution is 6.31. The van der Waals surface area contributed by atoms with Crippen LogP contribution in [0.4, 0.5) is 5.69 Å². The second-order valence-corrected chi connectivity index (χ2v) is 7.78. The van der Waals surface area contributed by atoms with Gasteiger partial charge < -0.3 is 19.9 Å². The number of carbonyl (C=O) groups excluding carboxylic acids is 2. The van der Waals surface area contributed by atoms with Gasteiger partial charge in [-0.25, -0.2) is 0 Å². The van der Waals surface area contributed by atoms with E-state index in [0.717, 1.165) is 38.9 Å². The van der Waals surface area contributed by atoms with Crippen LogP contribution < -0.4 is 15.0 Å². The maximum Gasteiger partial charge on any atom is 0.227 e. The van der Waals surface area contributed by atoms with Gasteiger partial charge in [-0.1, -0.05) is 18.5 Å². The van der Waals surface area contributed by atoms with E-state index in [4.69, 9.17) is 16.3 Å². The molecule has 3 rings (SSSR count). The van der Waals surface area contributed by atoms with Gasteiger partial charge in [0.15, 0.2) is 0 Å². The summed E-state index contributed by atoms with van der Waals surface area (Å²) in [6.45, 7) is 5.71. The maximum atomic E-state index is 12.7. The van der Waals surface area contributed by atoms with Gasteiger partial charge in [-0.05, 0) is 44.0 Å². The van der Waals surface area contributed by atoms with E-state index in [1.165, 1.54) is 0 Å². The van der Waals surface area contributed by atoms with Crippen molar-refractivity contribution in [3.05, 3.63) is 23.2 Å². The topological polar surface area (TPSA) is 61.9 Å². The molecule has 2 amide bonds. The number of hydrogen-bond acceptors (Lipinski definition) is 4. The van der Waals surface area contributed by atoms with Crippen LogP contribution in [0.25, 0.3) is 0 Å². The molecule has 27 heavy (non-hydrogen) atoms. The fraction of sp³-hybridized carbons (Fsp3) is 0.600. The first-order valence-corrected chi connectivity index (χ1v) is 10.1. The van der Waals surface area contributed by atoms with Gasteiger partial charge in [0.25, 0.3) is 0 Å². The Morgan fingerprint density at radius 2 is 2.07 bits per heavy atom. The van der Waals surface area contributed by atoms with Crippen molar-refractivity contribution < 1.29 is 14.3 Å². The molecule has 0 spiro atoms. The van der Waals surface area contributed by atoms with Crippen LogP contribution in [-0.4, -0.2) is 56.0 Å². The molecule has 2 aliphatic rings. The standard InChI is InChI=1S/C20H28ClN3O3/c1-3-8-23-9-6-16(7-10-23)22-20(26)14-11-19(25)24(13-14)17-12-15(21)4-5-18(17)27-2/h4-5,12,14,16H,3,6-11,13H2,1-2H3,(H,22,26). The van der Waals surface area contributed by atoms with E-state index in [9.17, 15) is 9.59 Å². The number of methoxy groups -OCH3 is 1. The predicted octanol–water partition coefficient (Wildman–Crippen LogP) is 2.69. The van der Waals surface area contributed by atoms with E-state index >= 15 is 0 Å². The van der Waals surface area contributed by atoms with E-state index in [1.807, 2.05) is 0 Å². The lowest BCUT2D eigenvalue weighted by Gasteiger charge is -2.32. The van der Waals surface area contributed by atoms with Crippen LogP contribution in [0.5, 0.6) is 5.75 Å². The third kappa shape index (κ3) is 4.74. The molecule has 7 heteroatoms. The highest BCUT2D eigenvalue weighted by Gasteiger charge is 2.37. The number of nitrogens with zero attached hydrogens (tertiary/aromatic N) is 2. The first kappa shape index (κ1) is 20.0. The van der Waals surface area contributed by atoms with Crippen LogP contribution in [0.1, 0.15) is 32.6 Å². The summed E-state index contributed by atoms with van der Waals surface area (Å²) in [5, 5.41) is 3.69. The van der Waals surface area contributed by atoms with Crippen LogP contribution in [0.15, 0.2) is 18.2 Å². The Kier molecular flexibility index (Phi) is 6.60. The molecule has 2 saturated heterocycles. The largest absolute Gasteiger partial charge is 0.495 e. The molecule has 6 nitrogen and oxygen atoms in total. The summed E-state index contributed by atoms with van der Waals surface area (Å²) in [4.78, 5) is 29.3. The molecular weight excluding hydrogens is 366 g/mol. The summed E-state index contributed by atoms with van der Waals surface area (Å²) in [5.74, 6) is 0.140. The number of rotatable bonds is 6. The zero-order valence-corrected chi connectivity index (χ0v) is 16.8. The molecule has 2 heterocycles. The summed E-state index contributed by atoms with van der Waals surface area (Å²) in [6, 6.07) is 5.37. The zero-order chi connectivity index (χ0) is 19.4.